The summed E-state index contributed by atoms with van der Waals surface area (Å²) < 4.78 is 10.3. The predicted molar refractivity (Wildman–Crippen MR) is 79.7 cm³/mol. The molecule has 1 unspecified atom stereocenters. The van der Waals surface area contributed by atoms with Crippen LogP contribution in [0.1, 0.15) is 26.5 Å². The molecule has 1 aromatic rings. The Morgan fingerprint density at radius 1 is 1.36 bits per heavy atom. The third-order valence-corrected chi connectivity index (χ3v) is 3.86. The molecule has 0 radical (unpaired) electrons. The number of hydrogen-bond acceptors (Lipinski definition) is 5. The molecular formula is C17H18O5. The number of methoxy groups -OCH3 is 1. The summed E-state index contributed by atoms with van der Waals surface area (Å²) >= 11 is 0. The highest BCUT2D eigenvalue weighted by atomic mass is 16.5. The molecule has 1 aliphatic rings. The number of allylic oxidation sites excluding steroid dienone is 3. The van der Waals surface area contributed by atoms with E-state index in [2.05, 4.69) is 0 Å². The Morgan fingerprint density at radius 3 is 2.59 bits per heavy atom. The summed E-state index contributed by atoms with van der Waals surface area (Å²) in [6.45, 7) is 4.88. The van der Waals surface area contributed by atoms with Crippen LogP contribution in [0, 0.1) is 11.3 Å². The van der Waals surface area contributed by atoms with Gasteiger partial charge in [-0.3, -0.25) is 14.4 Å². The van der Waals surface area contributed by atoms with E-state index in [-0.39, 0.29) is 0 Å². The number of furan rings is 1. The van der Waals surface area contributed by atoms with Crippen molar-refractivity contribution in [3.63, 3.8) is 0 Å². The van der Waals surface area contributed by atoms with E-state index in [1.807, 2.05) is 0 Å². The maximum Gasteiger partial charge on any atom is 0.180 e. The molecule has 116 valence electrons. The third kappa shape index (κ3) is 2.54. The third-order valence-electron chi connectivity index (χ3n) is 3.86. The summed E-state index contributed by atoms with van der Waals surface area (Å²) in [5, 5.41) is 0. The molecule has 2 rings (SSSR count). The molecule has 0 aliphatic heterocycles. The maximum absolute atomic E-state index is 12.6. The Hall–Kier alpha value is -2.43. The monoisotopic (exact) mass is 302 g/mol. The van der Waals surface area contributed by atoms with Crippen LogP contribution < -0.4 is 0 Å². The Balaban J connectivity index is 2.35. The predicted octanol–water partition coefficient (Wildman–Crippen LogP) is 2.58. The average Bonchev–Trinajstić information content (AvgIpc) is 2.97. The number of ether oxygens (including phenoxy) is 1. The van der Waals surface area contributed by atoms with Gasteiger partial charge in [-0.25, -0.2) is 0 Å². The maximum atomic E-state index is 12.6. The lowest BCUT2D eigenvalue weighted by Crippen LogP contribution is -2.46. The lowest BCUT2D eigenvalue weighted by atomic mass is 9.69. The van der Waals surface area contributed by atoms with Crippen LogP contribution in [-0.4, -0.2) is 24.5 Å². The molecular weight excluding hydrogens is 284 g/mol. The molecule has 0 saturated heterocycles. The zero-order valence-corrected chi connectivity index (χ0v) is 13.0. The van der Waals surface area contributed by atoms with E-state index in [0.29, 0.717) is 17.1 Å². The van der Waals surface area contributed by atoms with E-state index in [1.165, 1.54) is 25.5 Å². The fourth-order valence-electron chi connectivity index (χ4n) is 2.70. The molecule has 0 bridgehead atoms. The second-order valence-electron chi connectivity index (χ2n) is 5.70. The first-order valence-electron chi connectivity index (χ1n) is 6.90. The molecule has 5 nitrogen and oxygen atoms in total. The van der Waals surface area contributed by atoms with Gasteiger partial charge in [0.05, 0.1) is 18.8 Å². The molecule has 0 saturated carbocycles. The quantitative estimate of drug-likeness (QED) is 0.631. The van der Waals surface area contributed by atoms with Crippen LogP contribution in [-0.2, 0) is 19.1 Å². The van der Waals surface area contributed by atoms with Crippen molar-refractivity contribution >= 4 is 23.4 Å². The molecule has 0 amide bonds. The number of rotatable bonds is 4. The normalized spacial score (nSPS) is 21.5. The molecule has 1 aromatic heterocycles. The van der Waals surface area contributed by atoms with Gasteiger partial charge in [0.25, 0.3) is 0 Å². The minimum Gasteiger partial charge on any atom is -0.500 e. The smallest absolute Gasteiger partial charge is 0.180 e. The first-order valence-corrected chi connectivity index (χ1v) is 6.90. The van der Waals surface area contributed by atoms with Crippen LogP contribution in [0.2, 0.25) is 0 Å². The van der Waals surface area contributed by atoms with Crippen LogP contribution in [0.5, 0.6) is 0 Å². The van der Waals surface area contributed by atoms with Crippen molar-refractivity contribution in [3.8, 4) is 0 Å². The largest absolute Gasteiger partial charge is 0.500 e. The molecule has 22 heavy (non-hydrogen) atoms. The van der Waals surface area contributed by atoms with Gasteiger partial charge >= 0.3 is 0 Å². The second-order valence-corrected chi connectivity index (χ2v) is 5.70. The molecule has 0 aromatic carbocycles. The number of Topliss-reactive ketones (excluding diaryl/α,β-unsaturated/α-hetero) is 2. The molecule has 0 N–H and O–H groups in total. The number of carbonyl (C=O) groups excluding carboxylic acids is 3. The zero-order chi connectivity index (χ0) is 16.5. The van der Waals surface area contributed by atoms with Gasteiger partial charge in [-0.1, -0.05) is 0 Å². The van der Waals surface area contributed by atoms with E-state index in [0.717, 1.165) is 0 Å². The highest BCUT2D eigenvalue weighted by Gasteiger charge is 2.49. The molecule has 1 heterocycles. The molecule has 5 heteroatoms. The summed E-state index contributed by atoms with van der Waals surface area (Å²) in [5.74, 6) is -2.02. The van der Waals surface area contributed by atoms with Gasteiger partial charge in [-0.2, -0.15) is 0 Å². The van der Waals surface area contributed by atoms with Crippen molar-refractivity contribution in [1.82, 2.24) is 0 Å². The van der Waals surface area contributed by atoms with Gasteiger partial charge in [-0.15, -0.1) is 0 Å². The summed E-state index contributed by atoms with van der Waals surface area (Å²) in [6, 6.07) is 3.36. The van der Waals surface area contributed by atoms with Crippen molar-refractivity contribution in [2.24, 2.45) is 11.3 Å². The first kappa shape index (κ1) is 15.9. The average molecular weight is 302 g/mol. The number of ketones is 3. The number of carbonyl (C=O) groups is 3. The van der Waals surface area contributed by atoms with Crippen molar-refractivity contribution in [3.05, 3.63) is 41.6 Å². The Morgan fingerprint density at radius 2 is 2.05 bits per heavy atom. The summed E-state index contributed by atoms with van der Waals surface area (Å²) in [7, 11) is 1.42. The van der Waals surface area contributed by atoms with Crippen molar-refractivity contribution in [2.75, 3.05) is 7.11 Å². The van der Waals surface area contributed by atoms with E-state index in [1.54, 1.807) is 32.9 Å². The number of hydrogen-bond donors (Lipinski definition) is 0. The van der Waals surface area contributed by atoms with Crippen LogP contribution in [0.4, 0.5) is 0 Å². The minimum atomic E-state index is -1.32. The topological polar surface area (TPSA) is 73.6 Å². The van der Waals surface area contributed by atoms with Gasteiger partial charge in [-0.05, 0) is 45.1 Å². The SMILES string of the molecule is COC1=C(C)C(=O)C(C(=O)C=Cc2ccco2)C(=O)C1(C)C. The van der Waals surface area contributed by atoms with Gasteiger partial charge in [0.2, 0.25) is 0 Å². The van der Waals surface area contributed by atoms with Gasteiger partial charge in [0.15, 0.2) is 17.3 Å². The summed E-state index contributed by atoms with van der Waals surface area (Å²) in [4.78, 5) is 37.2. The molecule has 1 aliphatic carbocycles. The van der Waals surface area contributed by atoms with Crippen LogP contribution >= 0.6 is 0 Å². The van der Waals surface area contributed by atoms with E-state index in [9.17, 15) is 14.4 Å². The van der Waals surface area contributed by atoms with E-state index < -0.39 is 28.7 Å². The fourth-order valence-corrected chi connectivity index (χ4v) is 2.70. The van der Waals surface area contributed by atoms with Crippen molar-refractivity contribution < 1.29 is 23.5 Å². The van der Waals surface area contributed by atoms with Crippen LogP contribution in [0.25, 0.3) is 6.08 Å². The van der Waals surface area contributed by atoms with E-state index in [4.69, 9.17) is 9.15 Å². The Kier molecular flexibility index (Phi) is 4.17. The molecule has 0 fully saturated rings. The Labute approximate surface area is 128 Å². The molecule has 1 atom stereocenters. The van der Waals surface area contributed by atoms with Crippen LogP contribution in [0.15, 0.2) is 40.2 Å². The lowest BCUT2D eigenvalue weighted by Gasteiger charge is -2.34. The van der Waals surface area contributed by atoms with Crippen molar-refractivity contribution in [1.29, 1.82) is 0 Å². The van der Waals surface area contributed by atoms with E-state index >= 15 is 0 Å². The van der Waals surface area contributed by atoms with Crippen molar-refractivity contribution in [2.45, 2.75) is 20.8 Å². The lowest BCUT2D eigenvalue weighted by molar-refractivity contribution is -0.143. The Bertz CT molecular complexity index is 674. The van der Waals surface area contributed by atoms with Gasteiger partial charge in [0, 0.05) is 5.57 Å². The highest BCUT2D eigenvalue weighted by Crippen LogP contribution is 2.39. The minimum absolute atomic E-state index is 0.317. The highest BCUT2D eigenvalue weighted by molar-refractivity contribution is 6.30. The fraction of sp³-hybridized carbons (Fsp3) is 0.353. The molecule has 0 spiro atoms. The standard InChI is InChI=1S/C17H18O5/c1-10-14(19)13(15(20)17(2,3)16(10)21-4)12(18)8-7-11-6-5-9-22-11/h5-9,13H,1-4H3. The zero-order valence-electron chi connectivity index (χ0n) is 13.0. The van der Waals surface area contributed by atoms with Crippen LogP contribution in [0.3, 0.4) is 0 Å². The first-order chi connectivity index (χ1) is 10.3. The van der Waals surface area contributed by atoms with Gasteiger partial charge in [0.1, 0.15) is 17.4 Å². The summed E-state index contributed by atoms with van der Waals surface area (Å²) in [5.41, 5.74) is -0.692. The second kappa shape index (κ2) is 5.75. The summed E-state index contributed by atoms with van der Waals surface area (Å²) in [6.07, 6.45) is 4.13. The van der Waals surface area contributed by atoms with Gasteiger partial charge < -0.3 is 9.15 Å².